The lowest BCUT2D eigenvalue weighted by Gasteiger charge is -2.14. The van der Waals surface area contributed by atoms with Crippen LogP contribution in [0.2, 0.25) is 25.1 Å². The van der Waals surface area contributed by atoms with Crippen LogP contribution in [0.25, 0.3) is 11.6 Å². The maximum atomic E-state index is 9.60. The molecule has 0 saturated carbocycles. The Morgan fingerprint density at radius 3 is 2.32 bits per heavy atom. The molecule has 0 aromatic heterocycles. The van der Waals surface area contributed by atoms with E-state index >= 15 is 0 Å². The van der Waals surface area contributed by atoms with Crippen LogP contribution in [-0.4, -0.2) is 7.11 Å². The Labute approximate surface area is 205 Å². The first-order valence-electron chi connectivity index (χ1n) is 8.84. The standard InChI is InChI=1S/C23H14Cl5NO2/c1-30-22-8-13(6-16(11-29)14-3-5-18(25)20(27)9-14)7-21(28)23(22)31-12-15-2-4-17(24)10-19(15)26/h2-10H,12H2,1H3/b16-6-. The Morgan fingerprint density at radius 2 is 1.68 bits per heavy atom. The van der Waals surface area contributed by atoms with Gasteiger partial charge in [-0.05, 0) is 53.6 Å². The highest BCUT2D eigenvalue weighted by molar-refractivity contribution is 6.42. The van der Waals surface area contributed by atoms with Gasteiger partial charge in [0, 0.05) is 15.6 Å². The molecule has 0 aliphatic rings. The first kappa shape index (κ1) is 23.6. The fourth-order valence-corrected chi connectivity index (χ4v) is 3.80. The molecular weight excluding hydrogens is 500 g/mol. The highest BCUT2D eigenvalue weighted by Gasteiger charge is 2.14. The molecule has 3 rings (SSSR count). The monoisotopic (exact) mass is 511 g/mol. The van der Waals surface area contributed by atoms with Crippen molar-refractivity contribution in [1.29, 1.82) is 5.26 Å². The van der Waals surface area contributed by atoms with E-state index in [0.29, 0.717) is 53.3 Å². The summed E-state index contributed by atoms with van der Waals surface area (Å²) in [6.45, 7) is 0.175. The molecule has 3 nitrogen and oxygen atoms in total. The third-order valence-corrected chi connectivity index (χ3v) is 5.91. The molecule has 3 aromatic rings. The molecule has 0 bridgehead atoms. The van der Waals surface area contributed by atoms with Crippen molar-refractivity contribution in [3.63, 3.8) is 0 Å². The Morgan fingerprint density at radius 1 is 0.903 bits per heavy atom. The summed E-state index contributed by atoms with van der Waals surface area (Å²) in [7, 11) is 1.51. The first-order chi connectivity index (χ1) is 14.8. The number of ether oxygens (including phenoxy) is 2. The van der Waals surface area contributed by atoms with Crippen molar-refractivity contribution in [1.82, 2.24) is 0 Å². The quantitative estimate of drug-likeness (QED) is 0.245. The topological polar surface area (TPSA) is 42.2 Å². The summed E-state index contributed by atoms with van der Waals surface area (Å²) in [6.07, 6.45) is 1.67. The van der Waals surface area contributed by atoms with Gasteiger partial charge in [-0.1, -0.05) is 70.1 Å². The summed E-state index contributed by atoms with van der Waals surface area (Å²) in [5.74, 6) is 0.774. The number of benzene rings is 3. The number of hydrogen-bond donors (Lipinski definition) is 0. The molecule has 0 unspecified atom stereocenters. The number of halogens is 5. The van der Waals surface area contributed by atoms with Gasteiger partial charge in [0.1, 0.15) is 6.61 Å². The molecular formula is C23H14Cl5NO2. The summed E-state index contributed by atoms with van der Waals surface area (Å²) >= 11 is 30.6. The third kappa shape index (κ3) is 5.80. The third-order valence-electron chi connectivity index (χ3n) is 4.30. The van der Waals surface area contributed by atoms with E-state index in [0.717, 1.165) is 5.56 Å². The fourth-order valence-electron chi connectivity index (χ4n) is 2.76. The lowest BCUT2D eigenvalue weighted by molar-refractivity contribution is 0.285. The molecule has 0 atom stereocenters. The van der Waals surface area contributed by atoms with Gasteiger partial charge in [-0.3, -0.25) is 0 Å². The molecule has 0 saturated heterocycles. The molecule has 158 valence electrons. The van der Waals surface area contributed by atoms with Crippen LogP contribution in [0.1, 0.15) is 16.7 Å². The molecule has 0 fully saturated rings. The van der Waals surface area contributed by atoms with Gasteiger partial charge >= 0.3 is 0 Å². The summed E-state index contributed by atoms with van der Waals surface area (Å²) in [4.78, 5) is 0. The van der Waals surface area contributed by atoms with E-state index < -0.39 is 0 Å². The van der Waals surface area contributed by atoms with E-state index in [4.69, 9.17) is 67.5 Å². The summed E-state index contributed by atoms with van der Waals surface area (Å²) < 4.78 is 11.3. The van der Waals surface area contributed by atoms with E-state index in [9.17, 15) is 5.26 Å². The van der Waals surface area contributed by atoms with Crippen molar-refractivity contribution in [3.05, 3.63) is 90.3 Å². The van der Waals surface area contributed by atoms with Gasteiger partial charge in [-0.25, -0.2) is 0 Å². The molecule has 0 N–H and O–H groups in total. The van der Waals surface area contributed by atoms with Crippen LogP contribution in [-0.2, 0) is 6.61 Å². The fraction of sp³-hybridized carbons (Fsp3) is 0.0870. The average Bonchev–Trinajstić information content (AvgIpc) is 2.74. The van der Waals surface area contributed by atoms with Crippen LogP contribution < -0.4 is 9.47 Å². The van der Waals surface area contributed by atoms with Crippen LogP contribution in [0.4, 0.5) is 0 Å². The second-order valence-electron chi connectivity index (χ2n) is 6.36. The highest BCUT2D eigenvalue weighted by Crippen LogP contribution is 2.38. The van der Waals surface area contributed by atoms with Crippen LogP contribution in [0.3, 0.4) is 0 Å². The van der Waals surface area contributed by atoms with Gasteiger partial charge in [0.2, 0.25) is 0 Å². The average molecular weight is 514 g/mol. The van der Waals surface area contributed by atoms with E-state index in [-0.39, 0.29) is 6.61 Å². The molecule has 0 heterocycles. The molecule has 0 aliphatic heterocycles. The number of nitrogens with zero attached hydrogens (tertiary/aromatic N) is 1. The van der Waals surface area contributed by atoms with E-state index in [1.54, 1.807) is 54.6 Å². The lowest BCUT2D eigenvalue weighted by atomic mass is 10.0. The zero-order chi connectivity index (χ0) is 22.5. The van der Waals surface area contributed by atoms with Crippen LogP contribution >= 0.6 is 58.0 Å². The number of nitriles is 1. The first-order valence-corrected chi connectivity index (χ1v) is 10.7. The molecule has 0 amide bonds. The number of allylic oxidation sites excluding steroid dienone is 1. The van der Waals surface area contributed by atoms with Gasteiger partial charge in [0.25, 0.3) is 0 Å². The van der Waals surface area contributed by atoms with Gasteiger partial charge in [-0.2, -0.15) is 5.26 Å². The van der Waals surface area contributed by atoms with E-state index in [2.05, 4.69) is 6.07 Å². The molecule has 8 heteroatoms. The highest BCUT2D eigenvalue weighted by atomic mass is 35.5. The number of methoxy groups -OCH3 is 1. The van der Waals surface area contributed by atoms with Crippen molar-refractivity contribution in [2.24, 2.45) is 0 Å². The van der Waals surface area contributed by atoms with Gasteiger partial charge in [0.15, 0.2) is 11.5 Å². The van der Waals surface area contributed by atoms with E-state index in [1.165, 1.54) is 7.11 Å². The molecule has 0 spiro atoms. The summed E-state index contributed by atoms with van der Waals surface area (Å²) in [5, 5.41) is 11.7. The minimum Gasteiger partial charge on any atom is -0.493 e. The zero-order valence-electron chi connectivity index (χ0n) is 16.1. The van der Waals surface area contributed by atoms with Crippen molar-refractivity contribution < 1.29 is 9.47 Å². The molecule has 0 aliphatic carbocycles. The van der Waals surface area contributed by atoms with Crippen LogP contribution in [0.15, 0.2) is 48.5 Å². The second-order valence-corrected chi connectivity index (χ2v) is 8.42. The van der Waals surface area contributed by atoms with E-state index in [1.807, 2.05) is 0 Å². The van der Waals surface area contributed by atoms with Gasteiger partial charge < -0.3 is 9.47 Å². The van der Waals surface area contributed by atoms with Crippen molar-refractivity contribution >= 4 is 69.7 Å². The van der Waals surface area contributed by atoms with Crippen molar-refractivity contribution in [2.75, 3.05) is 7.11 Å². The van der Waals surface area contributed by atoms with Gasteiger partial charge in [-0.15, -0.1) is 0 Å². The van der Waals surface area contributed by atoms with Crippen molar-refractivity contribution in [3.8, 4) is 17.6 Å². The predicted molar refractivity (Wildman–Crippen MR) is 129 cm³/mol. The molecule has 31 heavy (non-hydrogen) atoms. The summed E-state index contributed by atoms with van der Waals surface area (Å²) in [6, 6.07) is 15.7. The Bertz CT molecular complexity index is 1200. The zero-order valence-corrected chi connectivity index (χ0v) is 19.8. The van der Waals surface area contributed by atoms with Crippen LogP contribution in [0, 0.1) is 11.3 Å². The Hall–Kier alpha value is -2.06. The number of hydrogen-bond acceptors (Lipinski definition) is 3. The van der Waals surface area contributed by atoms with Crippen LogP contribution in [0.5, 0.6) is 11.5 Å². The van der Waals surface area contributed by atoms with Gasteiger partial charge in [0.05, 0.1) is 33.8 Å². The smallest absolute Gasteiger partial charge is 0.180 e. The minimum atomic E-state index is 0.175. The maximum Gasteiger partial charge on any atom is 0.180 e. The Balaban J connectivity index is 1.91. The minimum absolute atomic E-state index is 0.175. The SMILES string of the molecule is COc1cc(/C=C(/C#N)c2ccc(Cl)c(Cl)c2)cc(Cl)c1OCc1ccc(Cl)cc1Cl. The lowest BCUT2D eigenvalue weighted by Crippen LogP contribution is -1.99. The molecule has 3 aromatic carbocycles. The largest absolute Gasteiger partial charge is 0.493 e. The molecule has 0 radical (unpaired) electrons. The van der Waals surface area contributed by atoms with Crippen molar-refractivity contribution in [2.45, 2.75) is 6.61 Å². The second kappa shape index (κ2) is 10.5. The number of rotatable bonds is 6. The Kier molecular flexibility index (Phi) is 8.00. The normalized spacial score (nSPS) is 11.2. The maximum absolute atomic E-state index is 9.60. The predicted octanol–water partition coefficient (Wildman–Crippen LogP) is 8.61. The summed E-state index contributed by atoms with van der Waals surface area (Å²) in [5.41, 5.74) is 2.42.